The molecule has 19 heavy (non-hydrogen) atoms. The smallest absolute Gasteiger partial charge is 0.305 e. The van der Waals surface area contributed by atoms with Gasteiger partial charge in [0.25, 0.3) is 0 Å². The van der Waals surface area contributed by atoms with Crippen molar-refractivity contribution < 1.29 is 14.6 Å². The van der Waals surface area contributed by atoms with Crippen molar-refractivity contribution in [2.75, 3.05) is 6.61 Å². The first kappa shape index (κ1) is 16.5. The van der Waals surface area contributed by atoms with E-state index in [1.54, 1.807) is 0 Å². The maximum Gasteiger partial charge on any atom is 0.305 e. The maximum atomic E-state index is 11.7. The minimum Gasteiger partial charge on any atom is -0.465 e. The van der Waals surface area contributed by atoms with Crippen LogP contribution in [0.2, 0.25) is 0 Å². The highest BCUT2D eigenvalue weighted by Crippen LogP contribution is 2.24. The van der Waals surface area contributed by atoms with Crippen LogP contribution in [0.25, 0.3) is 0 Å². The van der Waals surface area contributed by atoms with Crippen molar-refractivity contribution in [3.63, 3.8) is 0 Å². The summed E-state index contributed by atoms with van der Waals surface area (Å²) in [5.41, 5.74) is 0. The monoisotopic (exact) mass is 270 g/mol. The largest absolute Gasteiger partial charge is 0.465 e. The second kappa shape index (κ2) is 9.35. The Morgan fingerprint density at radius 2 is 2.11 bits per heavy atom. The summed E-state index contributed by atoms with van der Waals surface area (Å²) in [5, 5.41) is 9.57. The van der Waals surface area contributed by atoms with Gasteiger partial charge < -0.3 is 9.84 Å². The van der Waals surface area contributed by atoms with Crippen molar-refractivity contribution in [2.24, 2.45) is 11.8 Å². The summed E-state index contributed by atoms with van der Waals surface area (Å²) in [6.45, 7) is 4.88. The fourth-order valence-electron chi connectivity index (χ4n) is 2.98. The van der Waals surface area contributed by atoms with E-state index in [0.29, 0.717) is 24.9 Å². The molecule has 0 aliphatic heterocycles. The van der Waals surface area contributed by atoms with Gasteiger partial charge in [-0.2, -0.15) is 0 Å². The fraction of sp³-hybridized carbons (Fsp3) is 0.938. The summed E-state index contributed by atoms with van der Waals surface area (Å²) in [4.78, 5) is 11.7. The van der Waals surface area contributed by atoms with E-state index in [1.165, 1.54) is 12.8 Å². The van der Waals surface area contributed by atoms with Gasteiger partial charge in [0.15, 0.2) is 0 Å². The minimum atomic E-state index is -0.188. The molecule has 0 spiro atoms. The molecule has 1 fully saturated rings. The van der Waals surface area contributed by atoms with Gasteiger partial charge in [0.05, 0.1) is 12.7 Å². The van der Waals surface area contributed by atoms with Gasteiger partial charge in [0.2, 0.25) is 0 Å². The Morgan fingerprint density at radius 3 is 2.74 bits per heavy atom. The van der Waals surface area contributed by atoms with E-state index in [4.69, 9.17) is 4.74 Å². The second-order valence-electron chi connectivity index (χ2n) is 5.97. The molecular formula is C16H30O3. The Labute approximate surface area is 117 Å². The van der Waals surface area contributed by atoms with Crippen LogP contribution < -0.4 is 0 Å². The first-order chi connectivity index (χ1) is 9.15. The lowest BCUT2D eigenvalue weighted by Crippen LogP contribution is -2.24. The van der Waals surface area contributed by atoms with Gasteiger partial charge in [-0.1, -0.05) is 39.5 Å². The summed E-state index contributed by atoms with van der Waals surface area (Å²) >= 11 is 0. The molecule has 0 aromatic carbocycles. The number of carbonyl (C=O) groups is 1. The molecule has 0 radical (unpaired) electrons. The highest BCUT2D eigenvalue weighted by molar-refractivity contribution is 5.69. The molecule has 0 heterocycles. The van der Waals surface area contributed by atoms with E-state index in [0.717, 1.165) is 38.5 Å². The number of aliphatic hydroxyl groups is 1. The predicted molar refractivity (Wildman–Crippen MR) is 76.8 cm³/mol. The van der Waals surface area contributed by atoms with E-state index in [2.05, 4.69) is 13.8 Å². The van der Waals surface area contributed by atoms with Crippen LogP contribution >= 0.6 is 0 Å². The molecule has 3 atom stereocenters. The topological polar surface area (TPSA) is 46.5 Å². The van der Waals surface area contributed by atoms with Crippen molar-refractivity contribution >= 4 is 5.97 Å². The molecule has 3 heteroatoms. The highest BCUT2D eigenvalue weighted by Gasteiger charge is 2.21. The summed E-state index contributed by atoms with van der Waals surface area (Å²) in [6.07, 6.45) is 8.69. The standard InChI is InChI=1S/C16H30O3/c1-3-6-13(4-2)9-10-16(18)19-12-14-7-5-8-15(17)11-14/h13-15,17H,3-12H2,1-2H3. The van der Waals surface area contributed by atoms with Crippen molar-refractivity contribution in [3.8, 4) is 0 Å². The van der Waals surface area contributed by atoms with Crippen LogP contribution in [0, 0.1) is 11.8 Å². The summed E-state index contributed by atoms with van der Waals surface area (Å²) < 4.78 is 5.35. The van der Waals surface area contributed by atoms with E-state index in [1.807, 2.05) is 0 Å². The maximum absolute atomic E-state index is 11.7. The van der Waals surface area contributed by atoms with Gasteiger partial charge in [0, 0.05) is 6.42 Å². The Hall–Kier alpha value is -0.570. The first-order valence-electron chi connectivity index (χ1n) is 7.99. The van der Waals surface area contributed by atoms with E-state index < -0.39 is 0 Å². The van der Waals surface area contributed by atoms with Gasteiger partial charge in [-0.3, -0.25) is 4.79 Å². The molecule has 0 aromatic rings. The van der Waals surface area contributed by atoms with E-state index >= 15 is 0 Å². The highest BCUT2D eigenvalue weighted by atomic mass is 16.5. The van der Waals surface area contributed by atoms with Gasteiger partial charge in [-0.25, -0.2) is 0 Å². The lowest BCUT2D eigenvalue weighted by Gasteiger charge is -2.25. The van der Waals surface area contributed by atoms with Crippen molar-refractivity contribution in [2.45, 2.75) is 77.7 Å². The number of aliphatic hydroxyl groups excluding tert-OH is 1. The number of ether oxygens (including phenoxy) is 1. The molecule has 0 aromatic heterocycles. The number of hydrogen-bond acceptors (Lipinski definition) is 3. The van der Waals surface area contributed by atoms with Gasteiger partial charge >= 0.3 is 5.97 Å². The average Bonchev–Trinajstić information content (AvgIpc) is 2.41. The zero-order valence-corrected chi connectivity index (χ0v) is 12.6. The van der Waals surface area contributed by atoms with Crippen LogP contribution in [-0.2, 0) is 9.53 Å². The summed E-state index contributed by atoms with van der Waals surface area (Å²) in [6, 6.07) is 0. The normalized spacial score (nSPS) is 25.0. The van der Waals surface area contributed by atoms with Crippen LogP contribution in [0.5, 0.6) is 0 Å². The summed E-state index contributed by atoms with van der Waals surface area (Å²) in [7, 11) is 0. The molecule has 0 amide bonds. The zero-order chi connectivity index (χ0) is 14.1. The number of rotatable bonds is 8. The van der Waals surface area contributed by atoms with Crippen LogP contribution in [0.15, 0.2) is 0 Å². The molecule has 1 rings (SSSR count). The molecule has 3 unspecified atom stereocenters. The van der Waals surface area contributed by atoms with E-state index in [9.17, 15) is 9.90 Å². The third-order valence-electron chi connectivity index (χ3n) is 4.27. The Morgan fingerprint density at radius 1 is 1.32 bits per heavy atom. The minimum absolute atomic E-state index is 0.0605. The van der Waals surface area contributed by atoms with E-state index in [-0.39, 0.29) is 12.1 Å². The third-order valence-corrected chi connectivity index (χ3v) is 4.27. The molecule has 1 aliphatic rings. The fourth-order valence-corrected chi connectivity index (χ4v) is 2.98. The third kappa shape index (κ3) is 6.95. The Kier molecular flexibility index (Phi) is 8.11. The number of hydrogen-bond donors (Lipinski definition) is 1. The Bertz CT molecular complexity index is 252. The lowest BCUT2D eigenvalue weighted by atomic mass is 9.88. The molecule has 3 nitrogen and oxygen atoms in total. The first-order valence-corrected chi connectivity index (χ1v) is 7.99. The quantitative estimate of drug-likeness (QED) is 0.684. The molecular weight excluding hydrogens is 240 g/mol. The zero-order valence-electron chi connectivity index (χ0n) is 12.6. The molecule has 0 bridgehead atoms. The SMILES string of the molecule is CCCC(CC)CCC(=O)OCC1CCCC(O)C1. The van der Waals surface area contributed by atoms with Crippen molar-refractivity contribution in [1.29, 1.82) is 0 Å². The molecule has 1 N–H and O–H groups in total. The summed E-state index contributed by atoms with van der Waals surface area (Å²) in [5.74, 6) is 0.967. The molecule has 1 saturated carbocycles. The van der Waals surface area contributed by atoms with Crippen molar-refractivity contribution in [3.05, 3.63) is 0 Å². The molecule has 1 aliphatic carbocycles. The van der Waals surface area contributed by atoms with Crippen LogP contribution in [0.3, 0.4) is 0 Å². The molecule has 112 valence electrons. The molecule has 0 saturated heterocycles. The average molecular weight is 270 g/mol. The second-order valence-corrected chi connectivity index (χ2v) is 5.97. The van der Waals surface area contributed by atoms with Gasteiger partial charge in [-0.15, -0.1) is 0 Å². The number of esters is 1. The van der Waals surface area contributed by atoms with Crippen LogP contribution in [0.4, 0.5) is 0 Å². The predicted octanol–water partition coefficient (Wildman–Crippen LogP) is 3.69. The van der Waals surface area contributed by atoms with Gasteiger partial charge in [-0.05, 0) is 37.5 Å². The van der Waals surface area contributed by atoms with Crippen LogP contribution in [0.1, 0.15) is 71.6 Å². The van der Waals surface area contributed by atoms with Crippen LogP contribution in [-0.4, -0.2) is 23.8 Å². The van der Waals surface area contributed by atoms with Gasteiger partial charge in [0.1, 0.15) is 0 Å². The lowest BCUT2D eigenvalue weighted by molar-refractivity contribution is -0.146. The Balaban J connectivity index is 2.13. The van der Waals surface area contributed by atoms with Crippen molar-refractivity contribution in [1.82, 2.24) is 0 Å². The number of carbonyl (C=O) groups excluding carboxylic acids is 1.